The van der Waals surface area contributed by atoms with Gasteiger partial charge in [0.2, 0.25) is 0 Å². The summed E-state index contributed by atoms with van der Waals surface area (Å²) in [7, 11) is 1.83. The summed E-state index contributed by atoms with van der Waals surface area (Å²) in [6, 6.07) is 0. The molecule has 5 heteroatoms. The van der Waals surface area contributed by atoms with E-state index in [9.17, 15) is 4.79 Å². The predicted octanol–water partition coefficient (Wildman–Crippen LogP) is 0.466. The molecule has 1 aliphatic heterocycles. The smallest absolute Gasteiger partial charge is 0.299 e. The van der Waals surface area contributed by atoms with Gasteiger partial charge in [-0.1, -0.05) is 0 Å². The highest BCUT2D eigenvalue weighted by atomic mass is 16.1. The van der Waals surface area contributed by atoms with Gasteiger partial charge >= 0.3 is 0 Å². The molecule has 0 spiro atoms. The fraction of sp³-hybridized carbons (Fsp3) is 0.500. The topological polar surface area (TPSA) is 52.7 Å². The molecule has 0 saturated carbocycles. The molecule has 0 amide bonds. The monoisotopic (exact) mass is 204 g/mol. The molecule has 0 aromatic carbocycles. The highest BCUT2D eigenvalue weighted by Gasteiger charge is 2.16. The zero-order valence-corrected chi connectivity index (χ0v) is 8.60. The third-order valence-corrected chi connectivity index (χ3v) is 2.95. The van der Waals surface area contributed by atoms with Gasteiger partial charge in [-0.2, -0.15) is 4.98 Å². The third kappa shape index (κ3) is 1.12. The van der Waals surface area contributed by atoms with E-state index < -0.39 is 0 Å². The second-order valence-corrected chi connectivity index (χ2v) is 3.97. The largest absolute Gasteiger partial charge is 0.328 e. The van der Waals surface area contributed by atoms with E-state index in [0.29, 0.717) is 5.52 Å². The van der Waals surface area contributed by atoms with Crippen LogP contribution in [0, 0.1) is 0 Å². The number of aryl methyl sites for hydroxylation is 3. The molecule has 0 bridgehead atoms. The molecule has 0 radical (unpaired) electrons. The molecule has 0 saturated heterocycles. The van der Waals surface area contributed by atoms with Crippen molar-refractivity contribution in [2.45, 2.75) is 25.8 Å². The molecule has 3 heterocycles. The fourth-order valence-corrected chi connectivity index (χ4v) is 2.19. The number of fused-ring (bicyclic) bond motifs is 3. The van der Waals surface area contributed by atoms with Crippen molar-refractivity contribution in [3.05, 3.63) is 22.5 Å². The molecule has 1 aliphatic rings. The van der Waals surface area contributed by atoms with E-state index in [1.807, 2.05) is 7.05 Å². The lowest BCUT2D eigenvalue weighted by Crippen LogP contribution is -2.23. The first-order valence-electron chi connectivity index (χ1n) is 5.18. The summed E-state index contributed by atoms with van der Waals surface area (Å²) in [5.41, 5.74) is 1.24. The normalized spacial score (nSPS) is 15.5. The van der Waals surface area contributed by atoms with Crippen molar-refractivity contribution in [1.82, 2.24) is 19.1 Å². The van der Waals surface area contributed by atoms with E-state index >= 15 is 0 Å². The van der Waals surface area contributed by atoms with Gasteiger partial charge in [0.15, 0.2) is 11.2 Å². The number of nitrogens with zero attached hydrogens (tertiary/aromatic N) is 4. The van der Waals surface area contributed by atoms with Crippen LogP contribution in [0.25, 0.3) is 11.2 Å². The molecule has 2 aromatic rings. The van der Waals surface area contributed by atoms with Gasteiger partial charge in [0, 0.05) is 20.0 Å². The van der Waals surface area contributed by atoms with E-state index in [1.54, 1.807) is 10.9 Å². The van der Waals surface area contributed by atoms with Crippen molar-refractivity contribution in [2.24, 2.45) is 7.05 Å². The number of rotatable bonds is 0. The number of hydrogen-bond acceptors (Lipinski definition) is 3. The van der Waals surface area contributed by atoms with Crippen LogP contribution >= 0.6 is 0 Å². The van der Waals surface area contributed by atoms with Gasteiger partial charge in [-0.05, 0) is 12.8 Å². The second-order valence-electron chi connectivity index (χ2n) is 3.97. The summed E-state index contributed by atoms with van der Waals surface area (Å²) < 4.78 is 3.81. The van der Waals surface area contributed by atoms with E-state index in [2.05, 4.69) is 14.5 Å². The minimum absolute atomic E-state index is 0.154. The lowest BCUT2D eigenvalue weighted by molar-refractivity contribution is 0.518. The van der Waals surface area contributed by atoms with Crippen LogP contribution in [0.4, 0.5) is 0 Å². The van der Waals surface area contributed by atoms with Gasteiger partial charge in [0.05, 0.1) is 6.33 Å². The fourth-order valence-electron chi connectivity index (χ4n) is 2.19. The van der Waals surface area contributed by atoms with Gasteiger partial charge in [0.1, 0.15) is 5.82 Å². The molecule has 0 atom stereocenters. The summed E-state index contributed by atoms with van der Waals surface area (Å²) in [6.07, 6.45) is 4.82. The highest BCUT2D eigenvalue weighted by molar-refractivity contribution is 5.70. The Labute approximate surface area is 86.4 Å². The SMILES string of the molecule is Cn1cnc2c1c(=O)nc1n2CCCC1. The lowest BCUT2D eigenvalue weighted by atomic mass is 10.1. The zero-order valence-electron chi connectivity index (χ0n) is 8.60. The Morgan fingerprint density at radius 2 is 2.27 bits per heavy atom. The molecular formula is C10H12N4O. The quantitative estimate of drug-likeness (QED) is 0.626. The van der Waals surface area contributed by atoms with Crippen LogP contribution in [0.15, 0.2) is 11.1 Å². The maximum atomic E-state index is 11.7. The average molecular weight is 204 g/mol. The van der Waals surface area contributed by atoms with Crippen LogP contribution in [0.5, 0.6) is 0 Å². The van der Waals surface area contributed by atoms with Crippen LogP contribution in [0.2, 0.25) is 0 Å². The molecule has 15 heavy (non-hydrogen) atoms. The number of imidazole rings is 1. The van der Waals surface area contributed by atoms with Crippen LogP contribution in [-0.2, 0) is 20.0 Å². The standard InChI is InChI=1S/C10H12N4O/c1-13-6-11-9-8(13)10(15)12-7-4-2-3-5-14(7)9/h6H,2-5H2,1H3. The summed E-state index contributed by atoms with van der Waals surface area (Å²) in [4.78, 5) is 20.1. The molecule has 0 N–H and O–H groups in total. The first kappa shape index (κ1) is 8.64. The number of hydrogen-bond donors (Lipinski definition) is 0. The molecule has 0 fully saturated rings. The van der Waals surface area contributed by atoms with Gasteiger partial charge in [-0.25, -0.2) is 4.98 Å². The molecule has 3 rings (SSSR count). The summed E-state index contributed by atoms with van der Waals surface area (Å²) in [6.45, 7) is 0.927. The minimum Gasteiger partial charge on any atom is -0.328 e. The van der Waals surface area contributed by atoms with Crippen molar-refractivity contribution < 1.29 is 0 Å². The summed E-state index contributed by atoms with van der Waals surface area (Å²) >= 11 is 0. The van der Waals surface area contributed by atoms with Crippen molar-refractivity contribution in [1.29, 1.82) is 0 Å². The Hall–Kier alpha value is -1.65. The Bertz CT molecular complexity index is 581. The zero-order chi connectivity index (χ0) is 10.4. The molecule has 0 aliphatic carbocycles. The highest BCUT2D eigenvalue weighted by Crippen LogP contribution is 2.16. The molecule has 78 valence electrons. The summed E-state index contributed by atoms with van der Waals surface area (Å²) in [5.74, 6) is 0.887. The molecule has 0 unspecified atom stereocenters. The molecule has 5 nitrogen and oxygen atoms in total. The molecule has 2 aromatic heterocycles. The first-order valence-corrected chi connectivity index (χ1v) is 5.18. The van der Waals surface area contributed by atoms with Gasteiger partial charge in [0.25, 0.3) is 5.56 Å². The van der Waals surface area contributed by atoms with Crippen molar-refractivity contribution in [3.63, 3.8) is 0 Å². The van der Waals surface area contributed by atoms with Gasteiger partial charge in [-0.3, -0.25) is 4.79 Å². The van der Waals surface area contributed by atoms with E-state index in [1.165, 1.54) is 0 Å². The Balaban J connectivity index is 2.46. The maximum absolute atomic E-state index is 11.7. The van der Waals surface area contributed by atoms with E-state index in [4.69, 9.17) is 0 Å². The van der Waals surface area contributed by atoms with Crippen LogP contribution < -0.4 is 5.56 Å². The Kier molecular flexibility index (Phi) is 1.68. The summed E-state index contributed by atoms with van der Waals surface area (Å²) in [5, 5.41) is 0. The van der Waals surface area contributed by atoms with Gasteiger partial charge < -0.3 is 9.13 Å². The average Bonchev–Trinajstić information content (AvgIpc) is 2.62. The third-order valence-electron chi connectivity index (χ3n) is 2.95. The van der Waals surface area contributed by atoms with E-state index in [0.717, 1.165) is 37.3 Å². The minimum atomic E-state index is -0.154. The lowest BCUT2D eigenvalue weighted by Gasteiger charge is -2.17. The maximum Gasteiger partial charge on any atom is 0.299 e. The van der Waals surface area contributed by atoms with Crippen molar-refractivity contribution in [2.75, 3.05) is 0 Å². The second kappa shape index (κ2) is 2.92. The van der Waals surface area contributed by atoms with Crippen molar-refractivity contribution >= 4 is 11.2 Å². The van der Waals surface area contributed by atoms with Crippen LogP contribution in [-0.4, -0.2) is 19.1 Å². The Morgan fingerprint density at radius 1 is 1.40 bits per heavy atom. The van der Waals surface area contributed by atoms with Crippen LogP contribution in [0.3, 0.4) is 0 Å². The van der Waals surface area contributed by atoms with E-state index in [-0.39, 0.29) is 5.56 Å². The molecular weight excluding hydrogens is 192 g/mol. The van der Waals surface area contributed by atoms with Crippen LogP contribution in [0.1, 0.15) is 18.7 Å². The Morgan fingerprint density at radius 3 is 3.13 bits per heavy atom. The number of aromatic nitrogens is 4. The van der Waals surface area contributed by atoms with Gasteiger partial charge in [-0.15, -0.1) is 0 Å². The predicted molar refractivity (Wildman–Crippen MR) is 55.7 cm³/mol. The first-order chi connectivity index (χ1) is 7.27. The van der Waals surface area contributed by atoms with Crippen molar-refractivity contribution in [3.8, 4) is 0 Å².